The first-order valence-corrected chi connectivity index (χ1v) is 8.67. The molecule has 126 valence electrons. The number of para-hydroxylation sites is 1. The van der Waals surface area contributed by atoms with Gasteiger partial charge in [0.1, 0.15) is 18.1 Å². The van der Waals surface area contributed by atoms with Gasteiger partial charge < -0.3 is 15.2 Å². The zero-order valence-corrected chi connectivity index (χ0v) is 14.2. The van der Waals surface area contributed by atoms with Crippen molar-refractivity contribution in [2.24, 2.45) is 5.73 Å². The second-order valence-corrected chi connectivity index (χ2v) is 6.66. The summed E-state index contributed by atoms with van der Waals surface area (Å²) < 4.78 is 38.6. The summed E-state index contributed by atoms with van der Waals surface area (Å²) in [4.78, 5) is 0.106. The molecule has 0 spiro atoms. The standard InChI is InChI=1S/C14H22N2O4S.ClH/c1-2-3-5-11(10-15)16-21(17,18)13-7-4-6-12-14(13)20-9-8-19-12;/h4,6-7,11,16H,2-3,5,8-10,15H2,1H3;1H. The third-order valence-corrected chi connectivity index (χ3v) is 4.88. The molecule has 2 rings (SSSR count). The molecule has 0 saturated heterocycles. The summed E-state index contributed by atoms with van der Waals surface area (Å²) in [5.41, 5.74) is 5.65. The van der Waals surface area contributed by atoms with E-state index >= 15 is 0 Å². The summed E-state index contributed by atoms with van der Waals surface area (Å²) in [6.07, 6.45) is 2.64. The smallest absolute Gasteiger partial charge is 0.244 e. The van der Waals surface area contributed by atoms with Gasteiger partial charge in [0, 0.05) is 12.6 Å². The Hall–Kier alpha value is -1.02. The number of benzene rings is 1. The van der Waals surface area contributed by atoms with Gasteiger partial charge in [-0.3, -0.25) is 0 Å². The fourth-order valence-corrected chi connectivity index (χ4v) is 3.66. The molecule has 1 unspecified atom stereocenters. The average Bonchev–Trinajstić information content (AvgIpc) is 2.50. The third-order valence-electron chi connectivity index (χ3n) is 3.33. The Morgan fingerprint density at radius 2 is 2.05 bits per heavy atom. The second kappa shape index (κ2) is 8.57. The van der Waals surface area contributed by atoms with E-state index in [9.17, 15) is 8.42 Å². The first-order valence-electron chi connectivity index (χ1n) is 7.19. The zero-order valence-electron chi connectivity index (χ0n) is 12.6. The molecule has 3 N–H and O–H groups in total. The van der Waals surface area contributed by atoms with Crippen molar-refractivity contribution in [1.29, 1.82) is 0 Å². The number of halogens is 1. The van der Waals surface area contributed by atoms with Gasteiger partial charge in [-0.2, -0.15) is 0 Å². The maximum Gasteiger partial charge on any atom is 0.244 e. The SMILES string of the molecule is CCCCC(CN)NS(=O)(=O)c1cccc2c1OCCO2.Cl. The van der Waals surface area contributed by atoms with Crippen LogP contribution in [0.2, 0.25) is 0 Å². The van der Waals surface area contributed by atoms with Crippen molar-refractivity contribution in [3.05, 3.63) is 18.2 Å². The molecule has 6 nitrogen and oxygen atoms in total. The van der Waals surface area contributed by atoms with Crippen molar-refractivity contribution in [2.75, 3.05) is 19.8 Å². The number of nitrogens with two attached hydrogens (primary N) is 1. The number of rotatable bonds is 7. The summed E-state index contributed by atoms with van der Waals surface area (Å²) in [5, 5.41) is 0. The van der Waals surface area contributed by atoms with E-state index < -0.39 is 10.0 Å². The maximum atomic E-state index is 12.5. The van der Waals surface area contributed by atoms with E-state index in [-0.39, 0.29) is 35.6 Å². The Morgan fingerprint density at radius 1 is 1.32 bits per heavy atom. The van der Waals surface area contributed by atoms with Crippen LogP contribution in [-0.4, -0.2) is 34.2 Å². The number of hydrogen-bond donors (Lipinski definition) is 2. The number of unbranched alkanes of at least 4 members (excludes halogenated alkanes) is 1. The van der Waals surface area contributed by atoms with Gasteiger partial charge in [0.2, 0.25) is 10.0 Å². The van der Waals surface area contributed by atoms with Gasteiger partial charge in [-0.15, -0.1) is 12.4 Å². The van der Waals surface area contributed by atoms with E-state index in [1.807, 2.05) is 0 Å². The first-order chi connectivity index (χ1) is 10.1. The van der Waals surface area contributed by atoms with Crippen LogP contribution < -0.4 is 19.9 Å². The lowest BCUT2D eigenvalue weighted by atomic mass is 10.1. The highest BCUT2D eigenvalue weighted by Gasteiger charge is 2.26. The monoisotopic (exact) mass is 350 g/mol. The van der Waals surface area contributed by atoms with Crippen LogP contribution in [0.3, 0.4) is 0 Å². The number of hydrogen-bond acceptors (Lipinski definition) is 5. The van der Waals surface area contributed by atoms with Crippen molar-refractivity contribution in [3.63, 3.8) is 0 Å². The summed E-state index contributed by atoms with van der Waals surface area (Å²) in [6.45, 7) is 3.09. The van der Waals surface area contributed by atoms with Gasteiger partial charge in [0.15, 0.2) is 11.5 Å². The normalized spacial score (nSPS) is 15.0. The van der Waals surface area contributed by atoms with Gasteiger partial charge in [-0.25, -0.2) is 13.1 Å². The predicted octanol–water partition coefficient (Wildman–Crippen LogP) is 1.68. The molecule has 1 atom stereocenters. The molecule has 1 aromatic rings. The van der Waals surface area contributed by atoms with Crippen LogP contribution >= 0.6 is 12.4 Å². The molecular formula is C14H23ClN2O4S. The van der Waals surface area contributed by atoms with E-state index in [0.717, 1.165) is 19.3 Å². The van der Waals surface area contributed by atoms with Crippen molar-refractivity contribution < 1.29 is 17.9 Å². The average molecular weight is 351 g/mol. The fourth-order valence-electron chi connectivity index (χ4n) is 2.22. The van der Waals surface area contributed by atoms with Crippen molar-refractivity contribution in [1.82, 2.24) is 4.72 Å². The minimum absolute atomic E-state index is 0. The molecule has 0 radical (unpaired) electrons. The molecule has 0 aliphatic carbocycles. The predicted molar refractivity (Wildman–Crippen MR) is 87.4 cm³/mol. The van der Waals surface area contributed by atoms with Crippen molar-refractivity contribution in [2.45, 2.75) is 37.1 Å². The molecule has 0 aromatic heterocycles. The number of ether oxygens (including phenoxy) is 2. The molecule has 1 aromatic carbocycles. The molecule has 1 aliphatic rings. The Kier molecular flexibility index (Phi) is 7.41. The van der Waals surface area contributed by atoms with Crippen LogP contribution in [0, 0.1) is 0 Å². The highest BCUT2D eigenvalue weighted by molar-refractivity contribution is 7.89. The van der Waals surface area contributed by atoms with E-state index in [2.05, 4.69) is 11.6 Å². The first kappa shape index (κ1) is 19.0. The third kappa shape index (κ3) is 4.49. The largest absolute Gasteiger partial charge is 0.486 e. The Bertz CT molecular complexity index is 580. The number of nitrogens with one attached hydrogen (secondary N) is 1. The summed E-state index contributed by atoms with van der Waals surface area (Å²) in [7, 11) is -3.68. The Balaban J connectivity index is 0.00000242. The molecular weight excluding hydrogens is 328 g/mol. The fraction of sp³-hybridized carbons (Fsp3) is 0.571. The highest BCUT2D eigenvalue weighted by Crippen LogP contribution is 2.36. The highest BCUT2D eigenvalue weighted by atomic mass is 35.5. The summed E-state index contributed by atoms with van der Waals surface area (Å²) in [6, 6.07) is 4.59. The van der Waals surface area contributed by atoms with E-state index in [4.69, 9.17) is 15.2 Å². The van der Waals surface area contributed by atoms with Crippen LogP contribution in [0.1, 0.15) is 26.2 Å². The van der Waals surface area contributed by atoms with Crippen LogP contribution in [-0.2, 0) is 10.0 Å². The molecule has 22 heavy (non-hydrogen) atoms. The lowest BCUT2D eigenvalue weighted by Gasteiger charge is -2.22. The molecule has 1 aliphatic heterocycles. The van der Waals surface area contributed by atoms with Crippen LogP contribution in [0.25, 0.3) is 0 Å². The Labute approximate surface area is 137 Å². The van der Waals surface area contributed by atoms with Crippen LogP contribution in [0.5, 0.6) is 11.5 Å². The molecule has 8 heteroatoms. The second-order valence-electron chi connectivity index (χ2n) is 4.98. The van der Waals surface area contributed by atoms with Gasteiger partial charge in [-0.05, 0) is 18.6 Å². The molecule has 0 saturated carbocycles. The molecule has 0 bridgehead atoms. The van der Waals surface area contributed by atoms with Gasteiger partial charge in [0.25, 0.3) is 0 Å². The van der Waals surface area contributed by atoms with E-state index in [1.54, 1.807) is 12.1 Å². The van der Waals surface area contributed by atoms with Gasteiger partial charge >= 0.3 is 0 Å². The molecule has 0 amide bonds. The zero-order chi connectivity index (χ0) is 15.3. The molecule has 1 heterocycles. The quantitative estimate of drug-likeness (QED) is 0.780. The Morgan fingerprint density at radius 3 is 2.73 bits per heavy atom. The van der Waals surface area contributed by atoms with Crippen LogP contribution in [0.15, 0.2) is 23.1 Å². The van der Waals surface area contributed by atoms with Crippen molar-refractivity contribution >= 4 is 22.4 Å². The number of fused-ring (bicyclic) bond motifs is 1. The maximum absolute atomic E-state index is 12.5. The summed E-state index contributed by atoms with van der Waals surface area (Å²) >= 11 is 0. The molecule has 0 fully saturated rings. The summed E-state index contributed by atoms with van der Waals surface area (Å²) in [5.74, 6) is 0.740. The topological polar surface area (TPSA) is 90.7 Å². The van der Waals surface area contributed by atoms with E-state index in [1.165, 1.54) is 6.07 Å². The minimum Gasteiger partial charge on any atom is -0.486 e. The van der Waals surface area contributed by atoms with Gasteiger partial charge in [0.05, 0.1) is 0 Å². The van der Waals surface area contributed by atoms with Crippen LogP contribution in [0.4, 0.5) is 0 Å². The minimum atomic E-state index is -3.68. The lowest BCUT2D eigenvalue weighted by Crippen LogP contribution is -2.40. The van der Waals surface area contributed by atoms with E-state index in [0.29, 0.717) is 19.0 Å². The lowest BCUT2D eigenvalue weighted by molar-refractivity contribution is 0.167. The number of sulfonamides is 1. The van der Waals surface area contributed by atoms with Gasteiger partial charge in [-0.1, -0.05) is 25.8 Å². The van der Waals surface area contributed by atoms with Crippen molar-refractivity contribution in [3.8, 4) is 11.5 Å².